The molecular formula is C17H13ClF3N5. The summed E-state index contributed by atoms with van der Waals surface area (Å²) in [6.07, 6.45) is 0.269. The SMILES string of the molecule is FC(F)(F)c1cc(Cl)ccc1Nc1nccc(NCc2cccnc2)n1. The third-order valence-corrected chi connectivity index (χ3v) is 3.62. The summed E-state index contributed by atoms with van der Waals surface area (Å²) >= 11 is 5.68. The number of pyridine rings is 1. The van der Waals surface area contributed by atoms with Crippen LogP contribution in [-0.4, -0.2) is 15.0 Å². The quantitative estimate of drug-likeness (QED) is 0.660. The number of nitrogens with zero attached hydrogens (tertiary/aromatic N) is 3. The Kier molecular flexibility index (Phi) is 5.22. The minimum atomic E-state index is -4.55. The lowest BCUT2D eigenvalue weighted by atomic mass is 10.1. The molecule has 134 valence electrons. The summed E-state index contributed by atoms with van der Waals surface area (Å²) in [5, 5.41) is 5.65. The largest absolute Gasteiger partial charge is 0.418 e. The van der Waals surface area contributed by atoms with Crippen molar-refractivity contribution in [3.05, 3.63) is 71.1 Å². The molecule has 3 aromatic rings. The zero-order chi connectivity index (χ0) is 18.6. The molecule has 0 aliphatic rings. The molecule has 26 heavy (non-hydrogen) atoms. The number of alkyl halides is 3. The van der Waals surface area contributed by atoms with E-state index in [4.69, 9.17) is 11.6 Å². The molecule has 0 saturated heterocycles. The number of anilines is 3. The van der Waals surface area contributed by atoms with E-state index in [-0.39, 0.29) is 16.7 Å². The zero-order valence-electron chi connectivity index (χ0n) is 13.3. The minimum Gasteiger partial charge on any atom is -0.366 e. The van der Waals surface area contributed by atoms with Crippen LogP contribution in [0.25, 0.3) is 0 Å². The van der Waals surface area contributed by atoms with Crippen LogP contribution in [0.15, 0.2) is 55.0 Å². The van der Waals surface area contributed by atoms with E-state index >= 15 is 0 Å². The van der Waals surface area contributed by atoms with Crippen LogP contribution < -0.4 is 10.6 Å². The van der Waals surface area contributed by atoms with Gasteiger partial charge in [0.25, 0.3) is 0 Å². The zero-order valence-corrected chi connectivity index (χ0v) is 14.0. The molecule has 0 fully saturated rings. The molecule has 0 atom stereocenters. The predicted molar refractivity (Wildman–Crippen MR) is 93.3 cm³/mol. The summed E-state index contributed by atoms with van der Waals surface area (Å²) in [5.74, 6) is 0.503. The molecule has 0 saturated carbocycles. The Morgan fingerprint density at radius 2 is 1.92 bits per heavy atom. The van der Waals surface area contributed by atoms with Gasteiger partial charge in [0, 0.05) is 30.2 Å². The first-order valence-corrected chi connectivity index (χ1v) is 7.89. The van der Waals surface area contributed by atoms with Crippen molar-refractivity contribution in [2.45, 2.75) is 12.7 Å². The molecule has 2 aromatic heterocycles. The van der Waals surface area contributed by atoms with Crippen molar-refractivity contribution < 1.29 is 13.2 Å². The van der Waals surface area contributed by atoms with Gasteiger partial charge in [-0.05, 0) is 35.9 Å². The summed E-state index contributed by atoms with van der Waals surface area (Å²) in [6, 6.07) is 8.78. The summed E-state index contributed by atoms with van der Waals surface area (Å²) in [6.45, 7) is 0.471. The van der Waals surface area contributed by atoms with Gasteiger partial charge in [0.1, 0.15) is 5.82 Å². The van der Waals surface area contributed by atoms with Crippen molar-refractivity contribution in [2.75, 3.05) is 10.6 Å². The van der Waals surface area contributed by atoms with Crippen molar-refractivity contribution in [2.24, 2.45) is 0 Å². The fourth-order valence-corrected chi connectivity index (χ4v) is 2.37. The van der Waals surface area contributed by atoms with Crippen LogP contribution in [-0.2, 0) is 12.7 Å². The lowest BCUT2D eigenvalue weighted by Gasteiger charge is -2.14. The Balaban J connectivity index is 1.77. The van der Waals surface area contributed by atoms with Crippen LogP contribution >= 0.6 is 11.6 Å². The maximum Gasteiger partial charge on any atom is 0.418 e. The molecular weight excluding hydrogens is 367 g/mol. The van der Waals surface area contributed by atoms with Gasteiger partial charge in [-0.1, -0.05) is 17.7 Å². The normalized spacial score (nSPS) is 11.2. The molecule has 0 spiro atoms. The van der Waals surface area contributed by atoms with Gasteiger partial charge in [0.2, 0.25) is 5.95 Å². The van der Waals surface area contributed by atoms with Crippen LogP contribution in [0.5, 0.6) is 0 Å². The van der Waals surface area contributed by atoms with E-state index in [2.05, 4.69) is 25.6 Å². The highest BCUT2D eigenvalue weighted by molar-refractivity contribution is 6.30. The van der Waals surface area contributed by atoms with E-state index in [1.54, 1.807) is 18.5 Å². The van der Waals surface area contributed by atoms with Gasteiger partial charge in [0.15, 0.2) is 0 Å². The van der Waals surface area contributed by atoms with Gasteiger partial charge in [-0.25, -0.2) is 4.98 Å². The smallest absolute Gasteiger partial charge is 0.366 e. The number of aromatic nitrogens is 3. The highest BCUT2D eigenvalue weighted by Gasteiger charge is 2.34. The molecule has 0 aliphatic heterocycles. The number of rotatable bonds is 5. The summed E-state index contributed by atoms with van der Waals surface area (Å²) < 4.78 is 39.5. The van der Waals surface area contributed by atoms with Gasteiger partial charge in [-0.2, -0.15) is 18.2 Å². The third-order valence-electron chi connectivity index (χ3n) is 3.39. The van der Waals surface area contributed by atoms with Gasteiger partial charge in [-0.15, -0.1) is 0 Å². The molecule has 0 aliphatic carbocycles. The molecule has 0 amide bonds. The maximum atomic E-state index is 13.2. The number of benzene rings is 1. The van der Waals surface area contributed by atoms with Crippen LogP contribution in [0.2, 0.25) is 5.02 Å². The average molecular weight is 380 g/mol. The number of hydrogen-bond donors (Lipinski definition) is 2. The van der Waals surface area contributed by atoms with E-state index in [1.165, 1.54) is 18.3 Å². The van der Waals surface area contributed by atoms with E-state index in [0.717, 1.165) is 11.6 Å². The molecule has 0 radical (unpaired) electrons. The van der Waals surface area contributed by atoms with Crippen LogP contribution in [0.4, 0.5) is 30.6 Å². The molecule has 9 heteroatoms. The van der Waals surface area contributed by atoms with Gasteiger partial charge >= 0.3 is 6.18 Å². The van der Waals surface area contributed by atoms with Crippen LogP contribution in [0.3, 0.4) is 0 Å². The van der Waals surface area contributed by atoms with Crippen molar-refractivity contribution >= 4 is 29.1 Å². The predicted octanol–water partition coefficient (Wildman–Crippen LogP) is 4.90. The molecule has 1 aromatic carbocycles. The van der Waals surface area contributed by atoms with E-state index < -0.39 is 11.7 Å². The van der Waals surface area contributed by atoms with Crippen molar-refractivity contribution in [1.82, 2.24) is 15.0 Å². The molecule has 5 nitrogen and oxygen atoms in total. The van der Waals surface area contributed by atoms with Crippen molar-refractivity contribution in [3.8, 4) is 0 Å². The first-order valence-electron chi connectivity index (χ1n) is 7.51. The second-order valence-electron chi connectivity index (χ2n) is 5.29. The Morgan fingerprint density at radius 3 is 2.65 bits per heavy atom. The molecule has 0 unspecified atom stereocenters. The summed E-state index contributed by atoms with van der Waals surface area (Å²) in [5.41, 5.74) is -0.119. The average Bonchev–Trinajstić information content (AvgIpc) is 2.62. The fourth-order valence-electron chi connectivity index (χ4n) is 2.19. The van der Waals surface area contributed by atoms with E-state index in [1.807, 2.05) is 12.1 Å². The third kappa shape index (κ3) is 4.60. The first kappa shape index (κ1) is 17.9. The summed E-state index contributed by atoms with van der Waals surface area (Å²) in [4.78, 5) is 12.1. The number of hydrogen-bond acceptors (Lipinski definition) is 5. The van der Waals surface area contributed by atoms with Crippen LogP contribution in [0, 0.1) is 0 Å². The number of nitrogens with one attached hydrogen (secondary N) is 2. The fraction of sp³-hybridized carbons (Fsp3) is 0.118. The molecule has 2 N–H and O–H groups in total. The Hall–Kier alpha value is -2.87. The van der Waals surface area contributed by atoms with Crippen LogP contribution in [0.1, 0.15) is 11.1 Å². The highest BCUT2D eigenvalue weighted by atomic mass is 35.5. The second kappa shape index (κ2) is 7.57. The topological polar surface area (TPSA) is 62.7 Å². The van der Waals surface area contributed by atoms with E-state index in [9.17, 15) is 13.2 Å². The van der Waals surface area contributed by atoms with Gasteiger partial charge in [0.05, 0.1) is 11.3 Å². The number of halogens is 4. The first-order chi connectivity index (χ1) is 12.4. The lowest BCUT2D eigenvalue weighted by Crippen LogP contribution is -2.10. The van der Waals surface area contributed by atoms with Crippen molar-refractivity contribution in [3.63, 3.8) is 0 Å². The van der Waals surface area contributed by atoms with Gasteiger partial charge in [-0.3, -0.25) is 4.98 Å². The Labute approximate surface area is 152 Å². The second-order valence-corrected chi connectivity index (χ2v) is 5.73. The Bertz CT molecular complexity index is 887. The standard InChI is InChI=1S/C17H13ClF3N5/c18-12-3-4-14(13(8-12)17(19,20)21)25-16-23-7-5-15(26-16)24-10-11-2-1-6-22-9-11/h1-9H,10H2,(H2,23,24,25,26). The monoisotopic (exact) mass is 379 g/mol. The van der Waals surface area contributed by atoms with E-state index in [0.29, 0.717) is 12.4 Å². The molecule has 0 bridgehead atoms. The van der Waals surface area contributed by atoms with Gasteiger partial charge < -0.3 is 10.6 Å². The molecule has 2 heterocycles. The highest BCUT2D eigenvalue weighted by Crippen LogP contribution is 2.37. The maximum absolute atomic E-state index is 13.2. The molecule has 3 rings (SSSR count). The van der Waals surface area contributed by atoms with Crippen molar-refractivity contribution in [1.29, 1.82) is 0 Å². The summed E-state index contributed by atoms with van der Waals surface area (Å²) in [7, 11) is 0. The Morgan fingerprint density at radius 1 is 1.08 bits per heavy atom. The minimum absolute atomic E-state index is 0.00400. The lowest BCUT2D eigenvalue weighted by molar-refractivity contribution is -0.136.